The lowest BCUT2D eigenvalue weighted by molar-refractivity contribution is 0.0417. The molecule has 0 radical (unpaired) electrons. The first kappa shape index (κ1) is 14.9. The van der Waals surface area contributed by atoms with E-state index < -0.39 is 5.97 Å². The molecule has 3 rings (SSSR count). The number of hydrogen-bond donors (Lipinski definition) is 0. The molecule has 0 atom stereocenters. The fourth-order valence-corrected chi connectivity index (χ4v) is 2.00. The number of carbonyl (C=O) groups excluding carboxylic acids is 1. The second-order valence-corrected chi connectivity index (χ2v) is 4.88. The van der Waals surface area contributed by atoms with Crippen LogP contribution in [0.4, 0.5) is 0 Å². The number of ether oxygens (including phenoxy) is 1. The molecule has 0 aliphatic rings. The van der Waals surface area contributed by atoms with Gasteiger partial charge in [0.25, 0.3) is 5.89 Å². The summed E-state index contributed by atoms with van der Waals surface area (Å²) in [6.07, 6.45) is 2.30. The van der Waals surface area contributed by atoms with Crippen molar-refractivity contribution < 1.29 is 14.1 Å². The van der Waals surface area contributed by atoms with Gasteiger partial charge in [-0.05, 0) is 12.0 Å². The molecule has 118 valence electrons. The highest BCUT2D eigenvalue weighted by Crippen LogP contribution is 2.17. The SMILES string of the molecule is CCc1ccc(-c2noc(COC(=O)c3cnnn3C)n2)cc1. The van der Waals surface area contributed by atoms with Crippen LogP contribution in [-0.4, -0.2) is 31.1 Å². The van der Waals surface area contributed by atoms with Crippen LogP contribution in [0.25, 0.3) is 11.4 Å². The highest BCUT2D eigenvalue weighted by Gasteiger charge is 2.15. The second kappa shape index (κ2) is 6.39. The lowest BCUT2D eigenvalue weighted by Gasteiger charge is -2.00. The largest absolute Gasteiger partial charge is 0.451 e. The maximum absolute atomic E-state index is 11.8. The van der Waals surface area contributed by atoms with Crippen LogP contribution in [0.15, 0.2) is 35.0 Å². The van der Waals surface area contributed by atoms with Crippen LogP contribution in [-0.2, 0) is 24.8 Å². The Morgan fingerprint density at radius 2 is 2.09 bits per heavy atom. The average molecular weight is 313 g/mol. The van der Waals surface area contributed by atoms with Crippen molar-refractivity contribution in [1.29, 1.82) is 0 Å². The van der Waals surface area contributed by atoms with Crippen LogP contribution < -0.4 is 0 Å². The third-order valence-corrected chi connectivity index (χ3v) is 3.34. The fraction of sp³-hybridized carbons (Fsp3) is 0.267. The Morgan fingerprint density at radius 3 is 2.74 bits per heavy atom. The monoisotopic (exact) mass is 313 g/mol. The van der Waals surface area contributed by atoms with Gasteiger partial charge in [-0.3, -0.25) is 0 Å². The number of aryl methyl sites for hydroxylation is 2. The van der Waals surface area contributed by atoms with Gasteiger partial charge in [-0.1, -0.05) is 41.6 Å². The van der Waals surface area contributed by atoms with E-state index in [2.05, 4.69) is 27.4 Å². The van der Waals surface area contributed by atoms with Crippen molar-refractivity contribution in [3.05, 3.63) is 47.6 Å². The highest BCUT2D eigenvalue weighted by atomic mass is 16.6. The predicted octanol–water partition coefficient (Wildman–Crippen LogP) is 1.78. The van der Waals surface area contributed by atoms with Gasteiger partial charge in [-0.25, -0.2) is 9.48 Å². The molecule has 0 amide bonds. The summed E-state index contributed by atoms with van der Waals surface area (Å²) < 4.78 is 11.5. The van der Waals surface area contributed by atoms with Gasteiger partial charge in [0.2, 0.25) is 5.82 Å². The number of carbonyl (C=O) groups is 1. The predicted molar refractivity (Wildman–Crippen MR) is 79.2 cm³/mol. The van der Waals surface area contributed by atoms with Crippen LogP contribution >= 0.6 is 0 Å². The molecule has 0 unspecified atom stereocenters. The topological polar surface area (TPSA) is 95.9 Å². The summed E-state index contributed by atoms with van der Waals surface area (Å²) >= 11 is 0. The molecular formula is C15H15N5O3. The summed E-state index contributed by atoms with van der Waals surface area (Å²) in [5, 5.41) is 11.2. The van der Waals surface area contributed by atoms with Gasteiger partial charge in [0, 0.05) is 12.6 Å². The summed E-state index contributed by atoms with van der Waals surface area (Å²) in [6, 6.07) is 7.89. The maximum atomic E-state index is 11.8. The number of nitrogens with zero attached hydrogens (tertiary/aromatic N) is 5. The van der Waals surface area contributed by atoms with Crippen molar-refractivity contribution in [3.63, 3.8) is 0 Å². The normalized spacial score (nSPS) is 10.7. The molecule has 0 aliphatic carbocycles. The van der Waals surface area contributed by atoms with Crippen LogP contribution in [0.5, 0.6) is 0 Å². The molecule has 0 N–H and O–H groups in total. The van der Waals surface area contributed by atoms with Gasteiger partial charge in [-0.15, -0.1) is 5.10 Å². The van der Waals surface area contributed by atoms with E-state index in [9.17, 15) is 4.79 Å². The zero-order valence-electron chi connectivity index (χ0n) is 12.8. The summed E-state index contributed by atoms with van der Waals surface area (Å²) in [5.41, 5.74) is 2.33. The summed E-state index contributed by atoms with van der Waals surface area (Å²) in [6.45, 7) is 1.98. The zero-order valence-corrected chi connectivity index (χ0v) is 12.8. The van der Waals surface area contributed by atoms with Crippen LogP contribution in [0.1, 0.15) is 28.9 Å². The molecule has 0 aliphatic heterocycles. The third-order valence-electron chi connectivity index (χ3n) is 3.34. The van der Waals surface area contributed by atoms with Crippen molar-refractivity contribution in [2.75, 3.05) is 0 Å². The molecule has 0 saturated heterocycles. The summed E-state index contributed by atoms with van der Waals surface area (Å²) in [7, 11) is 1.61. The quantitative estimate of drug-likeness (QED) is 0.662. The van der Waals surface area contributed by atoms with Crippen LogP contribution in [0.3, 0.4) is 0 Å². The van der Waals surface area contributed by atoms with Gasteiger partial charge in [0.15, 0.2) is 12.3 Å². The van der Waals surface area contributed by atoms with Crippen LogP contribution in [0.2, 0.25) is 0 Å². The fourth-order valence-electron chi connectivity index (χ4n) is 2.00. The molecule has 3 aromatic rings. The van der Waals surface area contributed by atoms with Gasteiger partial charge in [0.05, 0.1) is 6.20 Å². The van der Waals surface area contributed by atoms with E-state index >= 15 is 0 Å². The van der Waals surface area contributed by atoms with Gasteiger partial charge in [-0.2, -0.15) is 4.98 Å². The summed E-state index contributed by atoms with van der Waals surface area (Å²) in [5.74, 6) is 0.133. The molecule has 2 aromatic heterocycles. The van der Waals surface area contributed by atoms with E-state index in [1.54, 1.807) is 7.05 Å². The minimum Gasteiger partial charge on any atom is -0.451 e. The molecule has 0 fully saturated rings. The Bertz CT molecular complexity index is 807. The van der Waals surface area contributed by atoms with E-state index in [-0.39, 0.29) is 18.2 Å². The lowest BCUT2D eigenvalue weighted by atomic mass is 10.1. The van der Waals surface area contributed by atoms with E-state index in [1.807, 2.05) is 24.3 Å². The molecule has 0 spiro atoms. The standard InChI is InChI=1S/C15H15N5O3/c1-3-10-4-6-11(7-5-10)14-17-13(23-18-14)9-22-15(21)12-8-16-19-20(12)2/h4-8H,3,9H2,1-2H3. The molecule has 0 bridgehead atoms. The molecule has 0 saturated carbocycles. The lowest BCUT2D eigenvalue weighted by Crippen LogP contribution is -2.10. The maximum Gasteiger partial charge on any atom is 0.358 e. The Hall–Kier alpha value is -3.03. The Balaban J connectivity index is 1.65. The Morgan fingerprint density at radius 1 is 1.30 bits per heavy atom. The number of aromatic nitrogens is 5. The molecule has 23 heavy (non-hydrogen) atoms. The second-order valence-electron chi connectivity index (χ2n) is 4.88. The first-order valence-corrected chi connectivity index (χ1v) is 7.11. The van der Waals surface area contributed by atoms with Crippen LogP contribution in [0, 0.1) is 0 Å². The minimum atomic E-state index is -0.551. The van der Waals surface area contributed by atoms with Crippen molar-refractivity contribution in [2.24, 2.45) is 7.05 Å². The smallest absolute Gasteiger partial charge is 0.358 e. The number of benzene rings is 1. The minimum absolute atomic E-state index is 0.107. The van der Waals surface area contributed by atoms with E-state index in [1.165, 1.54) is 16.4 Å². The zero-order chi connectivity index (χ0) is 16.2. The van der Waals surface area contributed by atoms with Crippen molar-refractivity contribution in [3.8, 4) is 11.4 Å². The average Bonchev–Trinajstić information content (AvgIpc) is 3.22. The van der Waals surface area contributed by atoms with E-state index in [4.69, 9.17) is 9.26 Å². The Labute approximate surface area is 132 Å². The Kier molecular flexibility index (Phi) is 4.13. The highest BCUT2D eigenvalue weighted by molar-refractivity contribution is 5.86. The number of rotatable bonds is 5. The number of esters is 1. The van der Waals surface area contributed by atoms with Gasteiger partial charge < -0.3 is 9.26 Å². The van der Waals surface area contributed by atoms with Gasteiger partial charge in [0.1, 0.15) is 0 Å². The first-order valence-electron chi connectivity index (χ1n) is 7.11. The first-order chi connectivity index (χ1) is 11.2. The molecular weight excluding hydrogens is 298 g/mol. The molecule has 1 aromatic carbocycles. The van der Waals surface area contributed by atoms with Crippen molar-refractivity contribution in [2.45, 2.75) is 20.0 Å². The molecule has 8 nitrogen and oxygen atoms in total. The van der Waals surface area contributed by atoms with Gasteiger partial charge >= 0.3 is 5.97 Å². The molecule has 8 heteroatoms. The summed E-state index contributed by atoms with van der Waals surface area (Å²) in [4.78, 5) is 16.1. The van der Waals surface area contributed by atoms with Crippen molar-refractivity contribution >= 4 is 5.97 Å². The number of hydrogen-bond acceptors (Lipinski definition) is 7. The third kappa shape index (κ3) is 3.25. The van der Waals surface area contributed by atoms with E-state index in [0.29, 0.717) is 5.82 Å². The van der Waals surface area contributed by atoms with E-state index in [0.717, 1.165) is 12.0 Å². The van der Waals surface area contributed by atoms with Crippen molar-refractivity contribution in [1.82, 2.24) is 25.1 Å². The molecule has 2 heterocycles.